The number of H-pyrrole nitrogens is 1. The van der Waals surface area contributed by atoms with Gasteiger partial charge in [0.15, 0.2) is 11.5 Å². The van der Waals surface area contributed by atoms with E-state index in [-0.39, 0.29) is 22.5 Å². The molecule has 1 amide bonds. The Morgan fingerprint density at radius 1 is 1.33 bits per heavy atom. The third-order valence-electron chi connectivity index (χ3n) is 4.21. The Morgan fingerprint density at radius 3 is 2.67 bits per heavy atom. The summed E-state index contributed by atoms with van der Waals surface area (Å²) in [6.07, 6.45) is 2.38. The van der Waals surface area contributed by atoms with E-state index in [0.29, 0.717) is 24.5 Å². The number of rotatable bonds is 5. The third kappa shape index (κ3) is 3.53. The number of pyridine rings is 1. The molecule has 0 radical (unpaired) electrons. The summed E-state index contributed by atoms with van der Waals surface area (Å²) in [5.41, 5.74) is -0.137. The van der Waals surface area contributed by atoms with E-state index in [4.69, 9.17) is 0 Å². The van der Waals surface area contributed by atoms with E-state index in [1.165, 1.54) is 4.57 Å². The summed E-state index contributed by atoms with van der Waals surface area (Å²) >= 11 is 0. The zero-order valence-corrected chi connectivity index (χ0v) is 15.7. The quantitative estimate of drug-likeness (QED) is 0.708. The van der Waals surface area contributed by atoms with Crippen LogP contribution in [0.15, 0.2) is 27.9 Å². The van der Waals surface area contributed by atoms with Crippen molar-refractivity contribution in [2.75, 3.05) is 5.32 Å². The van der Waals surface area contributed by atoms with Gasteiger partial charge in [0, 0.05) is 31.5 Å². The lowest BCUT2D eigenvalue weighted by Crippen LogP contribution is -2.32. The number of aryl methyl sites for hydroxylation is 2. The summed E-state index contributed by atoms with van der Waals surface area (Å²) in [6, 6.07) is 3.25. The van der Waals surface area contributed by atoms with Gasteiger partial charge in [0.1, 0.15) is 0 Å². The lowest BCUT2D eigenvalue weighted by Gasteiger charge is -2.14. The average Bonchev–Trinajstić information content (AvgIpc) is 3.02. The van der Waals surface area contributed by atoms with Crippen molar-refractivity contribution in [2.45, 2.75) is 39.7 Å². The zero-order valence-electron chi connectivity index (χ0n) is 15.7. The summed E-state index contributed by atoms with van der Waals surface area (Å²) in [4.78, 5) is 44.5. The monoisotopic (exact) mass is 370 g/mol. The summed E-state index contributed by atoms with van der Waals surface area (Å²) < 4.78 is 2.96. The van der Waals surface area contributed by atoms with Gasteiger partial charge in [-0.05, 0) is 18.4 Å². The van der Waals surface area contributed by atoms with Crippen LogP contribution in [0.5, 0.6) is 0 Å². The molecule has 0 atom stereocenters. The number of anilines is 1. The molecular weight excluding hydrogens is 348 g/mol. The van der Waals surface area contributed by atoms with Gasteiger partial charge in [0.05, 0.1) is 10.9 Å². The number of fused-ring (bicyclic) bond motifs is 1. The zero-order chi connectivity index (χ0) is 19.7. The molecule has 0 saturated carbocycles. The minimum absolute atomic E-state index is 0.0141. The highest BCUT2D eigenvalue weighted by Crippen LogP contribution is 2.20. The molecule has 3 aromatic rings. The Kier molecular flexibility index (Phi) is 4.93. The fraction of sp³-hybridized carbons (Fsp3) is 0.389. The number of amides is 1. The van der Waals surface area contributed by atoms with Crippen LogP contribution in [0.1, 0.15) is 49.2 Å². The SMILES string of the molecule is CCCn1c(=O)[nH]c(=O)c2c(C(=O)Nc3ccn(C)n3)cc(C(C)C)nc21. The number of aromatic amines is 1. The first kappa shape index (κ1) is 18.6. The second kappa shape index (κ2) is 7.18. The molecule has 0 spiro atoms. The van der Waals surface area contributed by atoms with Crippen molar-refractivity contribution in [1.82, 2.24) is 24.3 Å². The summed E-state index contributed by atoms with van der Waals surface area (Å²) in [6.45, 7) is 6.18. The number of carbonyl (C=O) groups excluding carboxylic acids is 1. The normalized spacial score (nSPS) is 11.3. The van der Waals surface area contributed by atoms with Gasteiger partial charge >= 0.3 is 5.69 Å². The topological polar surface area (TPSA) is 115 Å². The predicted molar refractivity (Wildman–Crippen MR) is 102 cm³/mol. The molecular formula is C18H22N6O3. The molecule has 27 heavy (non-hydrogen) atoms. The molecule has 2 N–H and O–H groups in total. The number of carbonyl (C=O) groups is 1. The minimum atomic E-state index is -0.628. The van der Waals surface area contributed by atoms with Crippen LogP contribution in [0.2, 0.25) is 0 Å². The fourth-order valence-electron chi connectivity index (χ4n) is 2.86. The first-order valence-corrected chi connectivity index (χ1v) is 8.80. The van der Waals surface area contributed by atoms with Gasteiger partial charge in [-0.15, -0.1) is 0 Å². The lowest BCUT2D eigenvalue weighted by molar-refractivity contribution is 0.102. The molecule has 9 heteroatoms. The number of hydrogen-bond donors (Lipinski definition) is 2. The Balaban J connectivity index is 2.26. The van der Waals surface area contributed by atoms with E-state index < -0.39 is 17.2 Å². The molecule has 0 aliphatic carbocycles. The van der Waals surface area contributed by atoms with Crippen molar-refractivity contribution in [2.24, 2.45) is 7.05 Å². The van der Waals surface area contributed by atoms with Crippen molar-refractivity contribution >= 4 is 22.8 Å². The Bertz CT molecular complexity index is 1120. The van der Waals surface area contributed by atoms with Crippen molar-refractivity contribution in [3.8, 4) is 0 Å². The molecule has 9 nitrogen and oxygen atoms in total. The number of aromatic nitrogens is 5. The van der Waals surface area contributed by atoms with Gasteiger partial charge in [0.2, 0.25) is 0 Å². The van der Waals surface area contributed by atoms with Crippen LogP contribution in [0, 0.1) is 0 Å². The maximum Gasteiger partial charge on any atom is 0.329 e. The average molecular weight is 370 g/mol. The van der Waals surface area contributed by atoms with Crippen LogP contribution in [0.25, 0.3) is 11.0 Å². The van der Waals surface area contributed by atoms with E-state index >= 15 is 0 Å². The van der Waals surface area contributed by atoms with Gasteiger partial charge in [0.25, 0.3) is 11.5 Å². The molecule has 0 saturated heterocycles. The first-order valence-electron chi connectivity index (χ1n) is 8.80. The van der Waals surface area contributed by atoms with E-state index in [1.807, 2.05) is 20.8 Å². The number of nitrogens with zero attached hydrogens (tertiary/aromatic N) is 4. The Labute approximate surface area is 155 Å². The minimum Gasteiger partial charge on any atom is -0.305 e. The number of hydrogen-bond acceptors (Lipinski definition) is 5. The van der Waals surface area contributed by atoms with Gasteiger partial charge < -0.3 is 5.32 Å². The van der Waals surface area contributed by atoms with Gasteiger partial charge in [-0.3, -0.25) is 23.8 Å². The van der Waals surface area contributed by atoms with Crippen LogP contribution >= 0.6 is 0 Å². The molecule has 0 unspecified atom stereocenters. The largest absolute Gasteiger partial charge is 0.329 e. The van der Waals surface area contributed by atoms with Crippen molar-refractivity contribution in [3.63, 3.8) is 0 Å². The lowest BCUT2D eigenvalue weighted by atomic mass is 10.0. The standard InChI is InChI=1S/C18H22N6O3/c1-5-7-24-15-14(17(26)21-18(24)27)11(9-12(19-15)10(2)3)16(25)20-13-6-8-23(4)22-13/h6,8-10H,5,7H2,1-4H3,(H,20,22,25)(H,21,26,27). The number of nitrogens with one attached hydrogen (secondary N) is 2. The van der Waals surface area contributed by atoms with Gasteiger partial charge in [-0.1, -0.05) is 20.8 Å². The van der Waals surface area contributed by atoms with E-state index in [0.717, 1.165) is 0 Å². The molecule has 3 heterocycles. The predicted octanol–water partition coefficient (Wildman–Crippen LogP) is 1.60. The van der Waals surface area contributed by atoms with Crippen LogP contribution < -0.4 is 16.6 Å². The van der Waals surface area contributed by atoms with Gasteiger partial charge in [-0.25, -0.2) is 9.78 Å². The molecule has 0 aliphatic rings. The second-order valence-electron chi connectivity index (χ2n) is 6.69. The van der Waals surface area contributed by atoms with E-state index in [1.54, 1.807) is 30.1 Å². The highest BCUT2D eigenvalue weighted by atomic mass is 16.2. The highest BCUT2D eigenvalue weighted by Gasteiger charge is 2.20. The molecule has 142 valence electrons. The van der Waals surface area contributed by atoms with Gasteiger partial charge in [-0.2, -0.15) is 5.10 Å². The van der Waals surface area contributed by atoms with Crippen LogP contribution in [-0.4, -0.2) is 30.2 Å². The van der Waals surface area contributed by atoms with Crippen molar-refractivity contribution < 1.29 is 4.79 Å². The van der Waals surface area contributed by atoms with Crippen LogP contribution in [-0.2, 0) is 13.6 Å². The summed E-state index contributed by atoms with van der Waals surface area (Å²) in [5.74, 6) is -0.0904. The molecule has 3 rings (SSSR count). The Morgan fingerprint density at radius 2 is 2.07 bits per heavy atom. The maximum absolute atomic E-state index is 12.9. The maximum atomic E-state index is 12.9. The first-order chi connectivity index (χ1) is 12.8. The Hall–Kier alpha value is -3.23. The van der Waals surface area contributed by atoms with E-state index in [2.05, 4.69) is 20.4 Å². The fourth-order valence-corrected chi connectivity index (χ4v) is 2.86. The molecule has 0 aromatic carbocycles. The second-order valence-corrected chi connectivity index (χ2v) is 6.69. The summed E-state index contributed by atoms with van der Waals surface area (Å²) in [7, 11) is 1.74. The molecule has 0 fully saturated rings. The van der Waals surface area contributed by atoms with Crippen LogP contribution in [0.3, 0.4) is 0 Å². The third-order valence-corrected chi connectivity index (χ3v) is 4.21. The van der Waals surface area contributed by atoms with Crippen LogP contribution in [0.4, 0.5) is 5.82 Å². The highest BCUT2D eigenvalue weighted by molar-refractivity contribution is 6.11. The van der Waals surface area contributed by atoms with Crippen molar-refractivity contribution in [1.29, 1.82) is 0 Å². The van der Waals surface area contributed by atoms with E-state index in [9.17, 15) is 14.4 Å². The molecule has 3 aromatic heterocycles. The molecule has 0 bridgehead atoms. The molecule has 0 aliphatic heterocycles. The summed E-state index contributed by atoms with van der Waals surface area (Å²) in [5, 5.41) is 6.92. The smallest absolute Gasteiger partial charge is 0.305 e. The van der Waals surface area contributed by atoms with Crippen molar-refractivity contribution in [3.05, 3.63) is 50.4 Å².